The predicted molar refractivity (Wildman–Crippen MR) is 102 cm³/mol. The lowest BCUT2D eigenvalue weighted by molar-refractivity contribution is -0.117. The second-order valence-corrected chi connectivity index (χ2v) is 8.05. The molecule has 5 heteroatoms. The van der Waals surface area contributed by atoms with Gasteiger partial charge in [0.15, 0.2) is 0 Å². The van der Waals surface area contributed by atoms with E-state index in [2.05, 4.69) is 31.0 Å². The lowest BCUT2D eigenvalue weighted by atomic mass is 9.89. The SMILES string of the molecule is O=C(CN1CCN(CC2CCCCC2)CC1)Nc1ccc(Br)cc1. The van der Waals surface area contributed by atoms with E-state index in [4.69, 9.17) is 0 Å². The van der Waals surface area contributed by atoms with Crippen molar-refractivity contribution in [1.82, 2.24) is 9.80 Å². The number of piperazine rings is 1. The fraction of sp³-hybridized carbons (Fsp3) is 0.632. The second-order valence-electron chi connectivity index (χ2n) is 7.14. The Morgan fingerprint density at radius 1 is 1.00 bits per heavy atom. The number of nitrogens with zero attached hydrogens (tertiary/aromatic N) is 2. The standard InChI is InChI=1S/C19H28BrN3O/c20-17-6-8-18(9-7-17)21-19(24)15-23-12-10-22(11-13-23)14-16-4-2-1-3-5-16/h6-9,16H,1-5,10-15H2,(H,21,24). The summed E-state index contributed by atoms with van der Waals surface area (Å²) >= 11 is 3.41. The minimum atomic E-state index is 0.0815. The number of carbonyl (C=O) groups excluding carboxylic acids is 1. The van der Waals surface area contributed by atoms with Gasteiger partial charge in [0, 0.05) is 42.9 Å². The van der Waals surface area contributed by atoms with Gasteiger partial charge in [-0.3, -0.25) is 9.69 Å². The lowest BCUT2D eigenvalue weighted by Crippen LogP contribution is -2.49. The average molecular weight is 394 g/mol. The molecule has 0 bridgehead atoms. The van der Waals surface area contributed by atoms with Crippen molar-refractivity contribution in [1.29, 1.82) is 0 Å². The highest BCUT2D eigenvalue weighted by Crippen LogP contribution is 2.24. The molecule has 1 aliphatic carbocycles. The van der Waals surface area contributed by atoms with E-state index in [1.165, 1.54) is 38.6 Å². The van der Waals surface area contributed by atoms with Crippen LogP contribution in [0.15, 0.2) is 28.7 Å². The normalized spacial score (nSPS) is 20.9. The number of hydrogen-bond donors (Lipinski definition) is 1. The van der Waals surface area contributed by atoms with Crippen molar-refractivity contribution in [2.24, 2.45) is 5.92 Å². The van der Waals surface area contributed by atoms with Crippen LogP contribution in [0.5, 0.6) is 0 Å². The summed E-state index contributed by atoms with van der Waals surface area (Å²) in [5.41, 5.74) is 0.860. The Morgan fingerprint density at radius 2 is 1.62 bits per heavy atom. The maximum atomic E-state index is 12.2. The molecule has 0 unspecified atom stereocenters. The summed E-state index contributed by atoms with van der Waals surface area (Å²) in [6.07, 6.45) is 7.09. The van der Waals surface area contributed by atoms with Gasteiger partial charge in [0.05, 0.1) is 6.54 Å². The molecule has 4 nitrogen and oxygen atoms in total. The molecule has 1 saturated carbocycles. The van der Waals surface area contributed by atoms with Crippen LogP contribution in [0.25, 0.3) is 0 Å². The van der Waals surface area contributed by atoms with E-state index in [0.29, 0.717) is 6.54 Å². The molecule has 0 atom stereocenters. The van der Waals surface area contributed by atoms with E-state index in [1.54, 1.807) is 0 Å². The van der Waals surface area contributed by atoms with Gasteiger partial charge >= 0.3 is 0 Å². The largest absolute Gasteiger partial charge is 0.325 e. The number of amides is 1. The molecule has 1 saturated heterocycles. The molecular weight excluding hydrogens is 366 g/mol. The zero-order chi connectivity index (χ0) is 16.8. The summed E-state index contributed by atoms with van der Waals surface area (Å²) in [6, 6.07) is 7.73. The van der Waals surface area contributed by atoms with Gasteiger partial charge in [-0.15, -0.1) is 0 Å². The third-order valence-corrected chi connectivity index (χ3v) is 5.73. The Hall–Kier alpha value is -0.910. The van der Waals surface area contributed by atoms with Gasteiger partial charge in [0.25, 0.3) is 0 Å². The van der Waals surface area contributed by atoms with Crippen molar-refractivity contribution in [2.45, 2.75) is 32.1 Å². The summed E-state index contributed by atoms with van der Waals surface area (Å²) in [5.74, 6) is 0.990. The molecule has 24 heavy (non-hydrogen) atoms. The number of hydrogen-bond acceptors (Lipinski definition) is 3. The fourth-order valence-corrected chi connectivity index (χ4v) is 4.07. The van der Waals surface area contributed by atoms with Crippen LogP contribution >= 0.6 is 15.9 Å². The smallest absolute Gasteiger partial charge is 0.238 e. The first-order valence-electron chi connectivity index (χ1n) is 9.19. The van der Waals surface area contributed by atoms with Crippen LogP contribution in [0.1, 0.15) is 32.1 Å². The van der Waals surface area contributed by atoms with Crippen molar-refractivity contribution in [2.75, 3.05) is 44.6 Å². The maximum Gasteiger partial charge on any atom is 0.238 e. The van der Waals surface area contributed by atoms with Crippen molar-refractivity contribution in [3.8, 4) is 0 Å². The van der Waals surface area contributed by atoms with Gasteiger partial charge in [-0.2, -0.15) is 0 Å². The fourth-order valence-electron chi connectivity index (χ4n) is 3.80. The maximum absolute atomic E-state index is 12.2. The molecule has 2 aliphatic rings. The first kappa shape index (κ1) is 17.9. The van der Waals surface area contributed by atoms with Gasteiger partial charge in [-0.05, 0) is 43.0 Å². The zero-order valence-corrected chi connectivity index (χ0v) is 15.9. The molecule has 1 aliphatic heterocycles. The topological polar surface area (TPSA) is 35.6 Å². The van der Waals surface area contributed by atoms with E-state index in [0.717, 1.165) is 42.3 Å². The molecular formula is C19H28BrN3O. The highest BCUT2D eigenvalue weighted by molar-refractivity contribution is 9.10. The van der Waals surface area contributed by atoms with E-state index >= 15 is 0 Å². The Bertz CT molecular complexity index is 520. The predicted octanol–water partition coefficient (Wildman–Crippen LogP) is 3.59. The number of rotatable bonds is 5. The number of anilines is 1. The summed E-state index contributed by atoms with van der Waals surface area (Å²) in [4.78, 5) is 17.1. The van der Waals surface area contributed by atoms with Gasteiger partial charge < -0.3 is 10.2 Å². The molecule has 1 amide bonds. The number of halogens is 1. The quantitative estimate of drug-likeness (QED) is 0.829. The molecule has 132 valence electrons. The Labute approximate surface area is 153 Å². The summed E-state index contributed by atoms with van der Waals surface area (Å²) in [7, 11) is 0. The average Bonchev–Trinajstić information content (AvgIpc) is 2.60. The number of nitrogens with one attached hydrogen (secondary N) is 1. The second kappa shape index (κ2) is 8.97. The highest BCUT2D eigenvalue weighted by atomic mass is 79.9. The summed E-state index contributed by atoms with van der Waals surface area (Å²) < 4.78 is 1.02. The molecule has 3 rings (SSSR count). The molecule has 1 N–H and O–H groups in total. The Morgan fingerprint density at radius 3 is 2.29 bits per heavy atom. The third-order valence-electron chi connectivity index (χ3n) is 5.20. The molecule has 0 spiro atoms. The van der Waals surface area contributed by atoms with Crippen molar-refractivity contribution >= 4 is 27.5 Å². The Balaban J connectivity index is 1.37. The molecule has 0 radical (unpaired) electrons. The number of benzene rings is 1. The van der Waals surface area contributed by atoms with Crippen LogP contribution in [0, 0.1) is 5.92 Å². The minimum Gasteiger partial charge on any atom is -0.325 e. The van der Waals surface area contributed by atoms with Crippen LogP contribution < -0.4 is 5.32 Å². The van der Waals surface area contributed by atoms with Gasteiger partial charge in [0.2, 0.25) is 5.91 Å². The molecule has 1 heterocycles. The zero-order valence-electron chi connectivity index (χ0n) is 14.3. The monoisotopic (exact) mass is 393 g/mol. The molecule has 1 aromatic carbocycles. The van der Waals surface area contributed by atoms with E-state index < -0.39 is 0 Å². The van der Waals surface area contributed by atoms with Gasteiger partial charge in [-0.25, -0.2) is 0 Å². The molecule has 2 fully saturated rings. The number of carbonyl (C=O) groups is 1. The summed E-state index contributed by atoms with van der Waals surface area (Å²) in [5, 5.41) is 2.98. The van der Waals surface area contributed by atoms with E-state index in [9.17, 15) is 4.79 Å². The Kier molecular flexibility index (Phi) is 6.69. The van der Waals surface area contributed by atoms with Crippen molar-refractivity contribution in [3.05, 3.63) is 28.7 Å². The van der Waals surface area contributed by atoms with Crippen LogP contribution in [0.2, 0.25) is 0 Å². The van der Waals surface area contributed by atoms with E-state index in [-0.39, 0.29) is 5.91 Å². The van der Waals surface area contributed by atoms with Gasteiger partial charge in [-0.1, -0.05) is 35.2 Å². The molecule has 0 aromatic heterocycles. The van der Waals surface area contributed by atoms with Crippen LogP contribution in [-0.2, 0) is 4.79 Å². The first-order chi connectivity index (χ1) is 11.7. The summed E-state index contributed by atoms with van der Waals surface area (Å²) in [6.45, 7) is 5.96. The van der Waals surface area contributed by atoms with Crippen molar-refractivity contribution in [3.63, 3.8) is 0 Å². The van der Waals surface area contributed by atoms with Crippen LogP contribution in [0.3, 0.4) is 0 Å². The molecule has 1 aromatic rings. The van der Waals surface area contributed by atoms with Gasteiger partial charge in [0.1, 0.15) is 0 Å². The van der Waals surface area contributed by atoms with E-state index in [1.807, 2.05) is 24.3 Å². The van der Waals surface area contributed by atoms with Crippen molar-refractivity contribution < 1.29 is 4.79 Å². The third kappa shape index (κ3) is 5.57. The minimum absolute atomic E-state index is 0.0815. The van der Waals surface area contributed by atoms with Crippen LogP contribution in [0.4, 0.5) is 5.69 Å². The lowest BCUT2D eigenvalue weighted by Gasteiger charge is -2.37. The highest BCUT2D eigenvalue weighted by Gasteiger charge is 2.22. The first-order valence-corrected chi connectivity index (χ1v) is 9.98. The van der Waals surface area contributed by atoms with Crippen LogP contribution in [-0.4, -0.2) is 55.0 Å².